The zero-order chi connectivity index (χ0) is 15.9. The number of furan rings is 1. The minimum Gasteiger partial charge on any atom is -0.468 e. The molecule has 0 bridgehead atoms. The van der Waals surface area contributed by atoms with Crippen molar-refractivity contribution in [3.8, 4) is 0 Å². The molecule has 2 N–H and O–H groups in total. The van der Waals surface area contributed by atoms with Gasteiger partial charge in [0.15, 0.2) is 0 Å². The summed E-state index contributed by atoms with van der Waals surface area (Å²) in [5.74, 6) is 0.883. The van der Waals surface area contributed by atoms with E-state index in [2.05, 4.69) is 24.5 Å². The van der Waals surface area contributed by atoms with Gasteiger partial charge >= 0.3 is 6.09 Å². The Hall–Kier alpha value is -1.49. The van der Waals surface area contributed by atoms with Crippen molar-refractivity contribution < 1.29 is 13.9 Å². The molecule has 1 aromatic rings. The third-order valence-corrected chi connectivity index (χ3v) is 3.46. The second-order valence-corrected chi connectivity index (χ2v) is 6.30. The van der Waals surface area contributed by atoms with Crippen LogP contribution in [0.2, 0.25) is 0 Å². The molecule has 0 atom stereocenters. The molecule has 0 spiro atoms. The maximum Gasteiger partial charge on any atom is 0.408 e. The lowest BCUT2D eigenvalue weighted by atomic mass is 9.93. The van der Waals surface area contributed by atoms with Crippen LogP contribution in [-0.4, -0.2) is 23.8 Å². The summed E-state index contributed by atoms with van der Waals surface area (Å²) in [5, 5.41) is 6.35. The molecule has 0 aliphatic rings. The third kappa shape index (κ3) is 6.21. The van der Waals surface area contributed by atoms with E-state index in [1.807, 2.05) is 32.9 Å². The highest BCUT2D eigenvalue weighted by Crippen LogP contribution is 2.16. The zero-order valence-corrected chi connectivity index (χ0v) is 13.8. The monoisotopic (exact) mass is 296 g/mol. The standard InChI is InChI=1S/C16H28N2O3/c1-6-16(7-2,18-14(19)21-15(3,4)5)12-17-11-13-9-8-10-20-13/h8-10,17H,6-7,11-12H2,1-5H3,(H,18,19). The SMILES string of the molecule is CCC(CC)(CNCc1ccco1)NC(=O)OC(C)(C)C. The molecule has 0 radical (unpaired) electrons. The highest BCUT2D eigenvalue weighted by molar-refractivity contribution is 5.68. The van der Waals surface area contributed by atoms with Crippen LogP contribution in [0.5, 0.6) is 0 Å². The molecule has 120 valence electrons. The van der Waals surface area contributed by atoms with Crippen molar-refractivity contribution in [1.29, 1.82) is 0 Å². The first kappa shape index (κ1) is 17.6. The fraction of sp³-hybridized carbons (Fsp3) is 0.688. The Kier molecular flexibility index (Phi) is 6.27. The first-order valence-corrected chi connectivity index (χ1v) is 7.54. The molecule has 5 heteroatoms. The van der Waals surface area contributed by atoms with E-state index in [0.29, 0.717) is 13.1 Å². The van der Waals surface area contributed by atoms with E-state index in [1.54, 1.807) is 6.26 Å². The first-order valence-electron chi connectivity index (χ1n) is 7.54. The highest BCUT2D eigenvalue weighted by atomic mass is 16.6. The maximum atomic E-state index is 12.0. The number of nitrogens with one attached hydrogen (secondary N) is 2. The molecule has 0 unspecified atom stereocenters. The fourth-order valence-corrected chi connectivity index (χ4v) is 2.08. The molecule has 0 fully saturated rings. The van der Waals surface area contributed by atoms with Crippen LogP contribution in [-0.2, 0) is 11.3 Å². The largest absolute Gasteiger partial charge is 0.468 e. The quantitative estimate of drug-likeness (QED) is 0.809. The van der Waals surface area contributed by atoms with Gasteiger partial charge in [-0.3, -0.25) is 0 Å². The molecular formula is C16H28N2O3. The molecule has 1 heterocycles. The number of hydrogen-bond donors (Lipinski definition) is 2. The summed E-state index contributed by atoms with van der Waals surface area (Å²) in [7, 11) is 0. The number of ether oxygens (including phenoxy) is 1. The molecule has 1 aromatic heterocycles. The van der Waals surface area contributed by atoms with Crippen LogP contribution < -0.4 is 10.6 Å². The Morgan fingerprint density at radius 2 is 1.95 bits per heavy atom. The van der Waals surface area contributed by atoms with E-state index >= 15 is 0 Å². The van der Waals surface area contributed by atoms with Gasteiger partial charge in [0.05, 0.1) is 18.3 Å². The lowest BCUT2D eigenvalue weighted by Gasteiger charge is -2.34. The van der Waals surface area contributed by atoms with Crippen LogP contribution >= 0.6 is 0 Å². The van der Waals surface area contributed by atoms with Gasteiger partial charge in [0, 0.05) is 6.54 Å². The third-order valence-electron chi connectivity index (χ3n) is 3.46. The second-order valence-electron chi connectivity index (χ2n) is 6.30. The smallest absolute Gasteiger partial charge is 0.408 e. The Labute approximate surface area is 127 Å². The van der Waals surface area contributed by atoms with Crippen LogP contribution in [0.15, 0.2) is 22.8 Å². The lowest BCUT2D eigenvalue weighted by molar-refractivity contribution is 0.0445. The van der Waals surface area contributed by atoms with Crippen molar-refractivity contribution in [3.63, 3.8) is 0 Å². The number of hydrogen-bond acceptors (Lipinski definition) is 4. The predicted molar refractivity (Wildman–Crippen MR) is 83.1 cm³/mol. The number of carbonyl (C=O) groups excluding carboxylic acids is 1. The first-order chi connectivity index (χ1) is 9.80. The van der Waals surface area contributed by atoms with E-state index < -0.39 is 5.60 Å². The summed E-state index contributed by atoms with van der Waals surface area (Å²) in [6.07, 6.45) is 2.94. The Balaban J connectivity index is 2.54. The average Bonchev–Trinajstić information content (AvgIpc) is 2.88. The van der Waals surface area contributed by atoms with Gasteiger partial charge in [0.1, 0.15) is 11.4 Å². The van der Waals surface area contributed by atoms with Gasteiger partial charge in [-0.25, -0.2) is 4.79 Å². The van der Waals surface area contributed by atoms with Gasteiger partial charge in [0.25, 0.3) is 0 Å². The van der Waals surface area contributed by atoms with E-state index in [9.17, 15) is 4.79 Å². The van der Waals surface area contributed by atoms with Gasteiger partial charge in [-0.2, -0.15) is 0 Å². The van der Waals surface area contributed by atoms with Crippen molar-refractivity contribution in [1.82, 2.24) is 10.6 Å². The topological polar surface area (TPSA) is 63.5 Å². The normalized spacial score (nSPS) is 12.2. The van der Waals surface area contributed by atoms with E-state index in [-0.39, 0.29) is 11.6 Å². The summed E-state index contributed by atoms with van der Waals surface area (Å²) < 4.78 is 10.6. The summed E-state index contributed by atoms with van der Waals surface area (Å²) in [4.78, 5) is 12.0. The van der Waals surface area contributed by atoms with Gasteiger partial charge < -0.3 is 19.8 Å². The van der Waals surface area contributed by atoms with Crippen LogP contribution in [0.3, 0.4) is 0 Å². The zero-order valence-electron chi connectivity index (χ0n) is 13.8. The molecule has 21 heavy (non-hydrogen) atoms. The Bertz CT molecular complexity index is 417. The molecule has 1 amide bonds. The minimum atomic E-state index is -0.487. The number of amides is 1. The maximum absolute atomic E-state index is 12.0. The number of alkyl carbamates (subject to hydrolysis) is 1. The average molecular weight is 296 g/mol. The predicted octanol–water partition coefficient (Wildman–Crippen LogP) is 3.45. The fourth-order valence-electron chi connectivity index (χ4n) is 2.08. The van der Waals surface area contributed by atoms with Crippen LogP contribution in [0.4, 0.5) is 4.79 Å². The van der Waals surface area contributed by atoms with Gasteiger partial charge in [0.2, 0.25) is 0 Å². The molecule has 0 saturated carbocycles. The Morgan fingerprint density at radius 3 is 2.43 bits per heavy atom. The van der Waals surface area contributed by atoms with Crippen molar-refractivity contribution in [2.24, 2.45) is 0 Å². The highest BCUT2D eigenvalue weighted by Gasteiger charge is 2.30. The Morgan fingerprint density at radius 1 is 1.29 bits per heavy atom. The minimum absolute atomic E-state index is 0.311. The van der Waals surface area contributed by atoms with E-state index in [4.69, 9.17) is 9.15 Å². The molecule has 0 aliphatic carbocycles. The number of carbonyl (C=O) groups is 1. The van der Waals surface area contributed by atoms with Crippen LogP contribution in [0, 0.1) is 0 Å². The summed E-state index contributed by atoms with van der Waals surface area (Å²) in [5.41, 5.74) is -0.798. The van der Waals surface area contributed by atoms with Gasteiger partial charge in [-0.15, -0.1) is 0 Å². The molecule has 1 rings (SSSR count). The van der Waals surface area contributed by atoms with Crippen molar-refractivity contribution in [2.75, 3.05) is 6.54 Å². The van der Waals surface area contributed by atoms with Crippen LogP contribution in [0.25, 0.3) is 0 Å². The summed E-state index contributed by atoms with van der Waals surface area (Å²) >= 11 is 0. The number of rotatable bonds is 7. The van der Waals surface area contributed by atoms with Gasteiger partial charge in [-0.1, -0.05) is 13.8 Å². The van der Waals surface area contributed by atoms with E-state index in [1.165, 1.54) is 0 Å². The van der Waals surface area contributed by atoms with E-state index in [0.717, 1.165) is 18.6 Å². The molecule has 0 aliphatic heterocycles. The van der Waals surface area contributed by atoms with Crippen molar-refractivity contribution in [3.05, 3.63) is 24.2 Å². The van der Waals surface area contributed by atoms with Crippen LogP contribution in [0.1, 0.15) is 53.2 Å². The molecular weight excluding hydrogens is 268 g/mol. The second kappa shape index (κ2) is 7.50. The lowest BCUT2D eigenvalue weighted by Crippen LogP contribution is -2.55. The summed E-state index contributed by atoms with van der Waals surface area (Å²) in [6, 6.07) is 3.79. The van der Waals surface area contributed by atoms with Crippen molar-refractivity contribution in [2.45, 2.75) is 65.1 Å². The molecule has 5 nitrogen and oxygen atoms in total. The molecule has 0 saturated heterocycles. The molecule has 0 aromatic carbocycles. The van der Waals surface area contributed by atoms with Gasteiger partial charge in [-0.05, 0) is 45.7 Å². The summed E-state index contributed by atoms with van der Waals surface area (Å²) in [6.45, 7) is 11.0. The van der Waals surface area contributed by atoms with Crippen molar-refractivity contribution >= 4 is 6.09 Å².